The van der Waals surface area contributed by atoms with Crippen LogP contribution in [0.3, 0.4) is 0 Å². The van der Waals surface area contributed by atoms with Gasteiger partial charge in [0, 0.05) is 5.92 Å². The Hall–Kier alpha value is -0.830. The molecule has 0 N–H and O–H groups in total. The number of aryl methyl sites for hydroxylation is 1. The van der Waals surface area contributed by atoms with Crippen LogP contribution in [-0.4, -0.2) is 12.9 Å². The van der Waals surface area contributed by atoms with Gasteiger partial charge in [-0.15, -0.1) is 0 Å². The van der Waals surface area contributed by atoms with Gasteiger partial charge in [-0.3, -0.25) is 4.79 Å². The van der Waals surface area contributed by atoms with Crippen molar-refractivity contribution in [3.8, 4) is 5.75 Å². The van der Waals surface area contributed by atoms with Crippen molar-refractivity contribution in [3.05, 3.63) is 27.2 Å². The Morgan fingerprint density at radius 2 is 1.94 bits per heavy atom. The van der Waals surface area contributed by atoms with Crippen molar-refractivity contribution in [3.63, 3.8) is 0 Å². The number of Topliss-reactive ketones (excluding diaryl/α,β-unsaturated/α-hetero) is 1. The number of hydrogen-bond donors (Lipinski definition) is 0. The first-order chi connectivity index (χ1) is 8.65. The highest BCUT2D eigenvalue weighted by atomic mass is 79.9. The number of ketones is 1. The Morgan fingerprint density at radius 1 is 1.28 bits per heavy atom. The molecule has 18 heavy (non-hydrogen) atoms. The molecule has 3 heteroatoms. The molecule has 96 valence electrons. The standard InChI is InChI=1S/C15H17BrO2/c1-8-7-11(16)15(18-2)13-12(8)9-5-3-4-6-10(9)14(13)17/h7,9-10H,3-6H2,1-2H3. The minimum Gasteiger partial charge on any atom is -0.495 e. The molecule has 1 fully saturated rings. The van der Waals surface area contributed by atoms with Crippen LogP contribution in [0.4, 0.5) is 0 Å². The van der Waals surface area contributed by atoms with Crippen LogP contribution in [0.2, 0.25) is 0 Å². The number of halogens is 1. The largest absolute Gasteiger partial charge is 0.495 e. The van der Waals surface area contributed by atoms with Gasteiger partial charge in [0.15, 0.2) is 5.78 Å². The third-order valence-corrected chi connectivity index (χ3v) is 4.99. The Bertz CT molecular complexity index is 522. The molecule has 2 atom stereocenters. The molecule has 2 unspecified atom stereocenters. The molecule has 1 aromatic carbocycles. The SMILES string of the molecule is COc1c(Br)cc(C)c2c1C(=O)C1CCCCC21. The summed E-state index contributed by atoms with van der Waals surface area (Å²) in [5.74, 6) is 1.67. The Labute approximate surface area is 116 Å². The molecule has 1 saturated carbocycles. The van der Waals surface area contributed by atoms with Crippen LogP contribution in [0.25, 0.3) is 0 Å². The predicted molar refractivity (Wildman–Crippen MR) is 74.5 cm³/mol. The van der Waals surface area contributed by atoms with Crippen molar-refractivity contribution < 1.29 is 9.53 Å². The van der Waals surface area contributed by atoms with Gasteiger partial charge >= 0.3 is 0 Å². The number of rotatable bonds is 1. The van der Waals surface area contributed by atoms with E-state index in [1.807, 2.05) is 0 Å². The van der Waals surface area contributed by atoms with Gasteiger partial charge in [-0.05, 0) is 58.8 Å². The molecule has 0 aromatic heterocycles. The molecular formula is C15H17BrO2. The lowest BCUT2D eigenvalue weighted by Crippen LogP contribution is -2.17. The molecule has 0 aliphatic heterocycles. The fourth-order valence-electron chi connectivity index (χ4n) is 3.67. The summed E-state index contributed by atoms with van der Waals surface area (Å²) in [5, 5.41) is 0. The van der Waals surface area contributed by atoms with E-state index in [1.165, 1.54) is 24.0 Å². The number of fused-ring (bicyclic) bond motifs is 3. The van der Waals surface area contributed by atoms with Crippen molar-refractivity contribution in [2.24, 2.45) is 5.92 Å². The molecule has 2 aliphatic rings. The lowest BCUT2D eigenvalue weighted by molar-refractivity contribution is 0.0895. The zero-order valence-corrected chi connectivity index (χ0v) is 12.3. The van der Waals surface area contributed by atoms with Gasteiger partial charge in [0.2, 0.25) is 0 Å². The zero-order chi connectivity index (χ0) is 12.9. The van der Waals surface area contributed by atoms with Crippen LogP contribution in [-0.2, 0) is 0 Å². The normalized spacial score (nSPS) is 25.8. The fraction of sp³-hybridized carbons (Fsp3) is 0.533. The van der Waals surface area contributed by atoms with Gasteiger partial charge in [0.05, 0.1) is 17.1 Å². The van der Waals surface area contributed by atoms with E-state index in [4.69, 9.17) is 4.74 Å². The van der Waals surface area contributed by atoms with E-state index >= 15 is 0 Å². The van der Waals surface area contributed by atoms with E-state index < -0.39 is 0 Å². The van der Waals surface area contributed by atoms with Crippen molar-refractivity contribution >= 4 is 21.7 Å². The molecule has 0 heterocycles. The summed E-state index contributed by atoms with van der Waals surface area (Å²) in [5.41, 5.74) is 3.33. The number of methoxy groups -OCH3 is 1. The molecule has 2 aliphatic carbocycles. The molecule has 2 nitrogen and oxygen atoms in total. The first-order valence-corrected chi connectivity index (χ1v) is 7.35. The minimum absolute atomic E-state index is 0.204. The summed E-state index contributed by atoms with van der Waals surface area (Å²) in [7, 11) is 1.64. The van der Waals surface area contributed by atoms with Gasteiger partial charge in [0.25, 0.3) is 0 Å². The lowest BCUT2D eigenvalue weighted by Gasteiger charge is -2.25. The molecular weight excluding hydrogens is 292 g/mol. The maximum atomic E-state index is 12.6. The van der Waals surface area contributed by atoms with E-state index in [2.05, 4.69) is 28.9 Å². The Morgan fingerprint density at radius 3 is 2.61 bits per heavy atom. The van der Waals surface area contributed by atoms with Crippen LogP contribution < -0.4 is 4.74 Å². The van der Waals surface area contributed by atoms with Crippen molar-refractivity contribution in [2.45, 2.75) is 38.5 Å². The number of carbonyl (C=O) groups is 1. The second kappa shape index (κ2) is 4.37. The maximum Gasteiger partial charge on any atom is 0.170 e. The van der Waals surface area contributed by atoms with Gasteiger partial charge in [-0.2, -0.15) is 0 Å². The second-order valence-electron chi connectivity index (χ2n) is 5.36. The smallest absolute Gasteiger partial charge is 0.170 e. The number of ether oxygens (including phenoxy) is 1. The summed E-state index contributed by atoms with van der Waals surface area (Å²) in [6.45, 7) is 2.10. The number of hydrogen-bond acceptors (Lipinski definition) is 2. The van der Waals surface area contributed by atoms with Crippen molar-refractivity contribution in [2.75, 3.05) is 7.11 Å². The average Bonchev–Trinajstić information content (AvgIpc) is 2.65. The van der Waals surface area contributed by atoms with E-state index in [9.17, 15) is 4.79 Å². The summed E-state index contributed by atoms with van der Waals surface area (Å²) in [6, 6.07) is 2.09. The van der Waals surface area contributed by atoms with E-state index in [-0.39, 0.29) is 5.92 Å². The highest BCUT2D eigenvalue weighted by Crippen LogP contribution is 2.51. The molecule has 0 spiro atoms. The Kier molecular flexibility index (Phi) is 2.97. The summed E-state index contributed by atoms with van der Waals surface area (Å²) in [6.07, 6.45) is 4.61. The van der Waals surface area contributed by atoms with Crippen LogP contribution in [0.1, 0.15) is 53.1 Å². The molecule has 0 radical (unpaired) electrons. The molecule has 0 bridgehead atoms. The third-order valence-electron chi connectivity index (χ3n) is 4.41. The van der Waals surface area contributed by atoms with E-state index in [0.717, 1.165) is 28.6 Å². The van der Waals surface area contributed by atoms with Crippen LogP contribution in [0.5, 0.6) is 5.75 Å². The fourth-order valence-corrected chi connectivity index (χ4v) is 4.37. The molecule has 3 rings (SSSR count). The van der Waals surface area contributed by atoms with Gasteiger partial charge in [-0.1, -0.05) is 12.8 Å². The quantitative estimate of drug-likeness (QED) is 0.776. The first kappa shape index (κ1) is 12.2. The Balaban J connectivity index is 2.24. The summed E-state index contributed by atoms with van der Waals surface area (Å²) < 4.78 is 6.35. The summed E-state index contributed by atoms with van der Waals surface area (Å²) in [4.78, 5) is 12.6. The maximum absolute atomic E-state index is 12.6. The monoisotopic (exact) mass is 308 g/mol. The highest BCUT2D eigenvalue weighted by molar-refractivity contribution is 9.10. The zero-order valence-electron chi connectivity index (χ0n) is 10.8. The topological polar surface area (TPSA) is 26.3 Å². The molecule has 0 saturated heterocycles. The predicted octanol–water partition coefficient (Wildman–Crippen LogP) is 4.24. The number of carbonyl (C=O) groups excluding carboxylic acids is 1. The molecule has 0 amide bonds. The highest BCUT2D eigenvalue weighted by Gasteiger charge is 2.43. The lowest BCUT2D eigenvalue weighted by atomic mass is 9.78. The first-order valence-electron chi connectivity index (χ1n) is 6.56. The van der Waals surface area contributed by atoms with E-state index in [0.29, 0.717) is 11.7 Å². The summed E-state index contributed by atoms with van der Waals surface area (Å²) >= 11 is 3.51. The third kappa shape index (κ3) is 1.56. The number of benzene rings is 1. The second-order valence-corrected chi connectivity index (χ2v) is 6.21. The van der Waals surface area contributed by atoms with Crippen LogP contribution in [0, 0.1) is 12.8 Å². The average molecular weight is 309 g/mol. The van der Waals surface area contributed by atoms with Crippen molar-refractivity contribution in [1.29, 1.82) is 0 Å². The van der Waals surface area contributed by atoms with Crippen LogP contribution in [0.15, 0.2) is 10.5 Å². The minimum atomic E-state index is 0.204. The molecule has 1 aromatic rings. The van der Waals surface area contributed by atoms with E-state index in [1.54, 1.807) is 7.11 Å². The van der Waals surface area contributed by atoms with Gasteiger partial charge in [0.1, 0.15) is 5.75 Å². The van der Waals surface area contributed by atoms with Gasteiger partial charge in [-0.25, -0.2) is 0 Å². The van der Waals surface area contributed by atoms with Gasteiger partial charge < -0.3 is 4.74 Å². The van der Waals surface area contributed by atoms with Crippen molar-refractivity contribution in [1.82, 2.24) is 0 Å². The van der Waals surface area contributed by atoms with Crippen LogP contribution >= 0.6 is 15.9 Å².